The first-order valence-electron chi connectivity index (χ1n) is 7.97. The standard InChI is InChI=1S/C17H18F3N3OS.2ClH/c18-17(19,20)12-3-1-2-11(6-12)16-23-13(9-25-16)7-15(24)22-8-14(21)10-4-5-10;;/h1-3,6,9-10,14H,4-5,7-8,21H2,(H,22,24);2*1H. The lowest BCUT2D eigenvalue weighted by Crippen LogP contribution is -2.39. The summed E-state index contributed by atoms with van der Waals surface area (Å²) in [7, 11) is 0. The van der Waals surface area contributed by atoms with Crippen molar-refractivity contribution in [1.29, 1.82) is 0 Å². The molecule has 2 aromatic rings. The number of carbonyl (C=O) groups is 1. The first kappa shape index (κ1) is 23.7. The number of benzene rings is 1. The molecule has 0 spiro atoms. The van der Waals surface area contributed by atoms with Gasteiger partial charge in [0.1, 0.15) is 5.01 Å². The normalized spacial score (nSPS) is 14.7. The van der Waals surface area contributed by atoms with E-state index in [1.54, 1.807) is 11.4 Å². The summed E-state index contributed by atoms with van der Waals surface area (Å²) in [6.07, 6.45) is -2.07. The number of nitrogens with two attached hydrogens (primary N) is 1. The molecular weight excluding hydrogens is 422 g/mol. The minimum atomic E-state index is -4.39. The van der Waals surface area contributed by atoms with Gasteiger partial charge in [-0.2, -0.15) is 13.2 Å². The second kappa shape index (κ2) is 9.73. The van der Waals surface area contributed by atoms with Crippen LogP contribution in [0.1, 0.15) is 24.1 Å². The molecule has 3 rings (SSSR count). The fourth-order valence-corrected chi connectivity index (χ4v) is 3.32. The molecule has 1 atom stereocenters. The van der Waals surface area contributed by atoms with E-state index in [4.69, 9.17) is 5.73 Å². The number of hydrogen-bond donors (Lipinski definition) is 2. The van der Waals surface area contributed by atoms with Crippen molar-refractivity contribution in [2.24, 2.45) is 11.7 Å². The Kier molecular flexibility index (Phi) is 8.53. The van der Waals surface area contributed by atoms with Crippen LogP contribution in [0.15, 0.2) is 29.6 Å². The van der Waals surface area contributed by atoms with Gasteiger partial charge in [-0.05, 0) is 30.9 Å². The van der Waals surface area contributed by atoms with Crippen molar-refractivity contribution in [3.05, 3.63) is 40.9 Å². The van der Waals surface area contributed by atoms with Crippen molar-refractivity contribution in [1.82, 2.24) is 10.3 Å². The topological polar surface area (TPSA) is 68.0 Å². The lowest BCUT2D eigenvalue weighted by Gasteiger charge is -2.10. The molecule has 1 aliphatic carbocycles. The van der Waals surface area contributed by atoms with Crippen LogP contribution < -0.4 is 11.1 Å². The van der Waals surface area contributed by atoms with Crippen molar-refractivity contribution < 1.29 is 18.0 Å². The van der Waals surface area contributed by atoms with Gasteiger partial charge in [-0.25, -0.2) is 4.98 Å². The molecule has 1 heterocycles. The molecule has 10 heteroatoms. The number of rotatable bonds is 6. The van der Waals surface area contributed by atoms with E-state index in [1.165, 1.54) is 17.4 Å². The molecule has 1 aromatic carbocycles. The minimum Gasteiger partial charge on any atom is -0.354 e. The van der Waals surface area contributed by atoms with Gasteiger partial charge in [0.2, 0.25) is 5.91 Å². The van der Waals surface area contributed by atoms with Crippen LogP contribution in [0.5, 0.6) is 0 Å². The number of carbonyl (C=O) groups excluding carboxylic acids is 1. The van der Waals surface area contributed by atoms with Crippen LogP contribution in [0.3, 0.4) is 0 Å². The highest BCUT2D eigenvalue weighted by Crippen LogP contribution is 2.33. The Morgan fingerprint density at radius 3 is 2.67 bits per heavy atom. The summed E-state index contributed by atoms with van der Waals surface area (Å²) in [6.45, 7) is 0.439. The molecule has 1 fully saturated rings. The van der Waals surface area contributed by atoms with Gasteiger partial charge < -0.3 is 11.1 Å². The third-order valence-electron chi connectivity index (χ3n) is 4.09. The largest absolute Gasteiger partial charge is 0.416 e. The zero-order valence-electron chi connectivity index (χ0n) is 14.2. The van der Waals surface area contributed by atoms with E-state index < -0.39 is 11.7 Å². The molecule has 1 aromatic heterocycles. The molecule has 0 saturated heterocycles. The fraction of sp³-hybridized carbons (Fsp3) is 0.412. The van der Waals surface area contributed by atoms with Crippen LogP contribution in [-0.2, 0) is 17.4 Å². The van der Waals surface area contributed by atoms with E-state index in [1.807, 2.05) is 0 Å². The van der Waals surface area contributed by atoms with Crippen LogP contribution in [0.4, 0.5) is 13.2 Å². The van der Waals surface area contributed by atoms with Gasteiger partial charge in [-0.3, -0.25) is 4.79 Å². The molecule has 1 aliphatic rings. The highest BCUT2D eigenvalue weighted by Gasteiger charge is 2.31. The average Bonchev–Trinajstić information content (AvgIpc) is 3.32. The number of halogens is 5. The number of aromatic nitrogens is 1. The molecule has 3 N–H and O–H groups in total. The van der Waals surface area contributed by atoms with Crippen LogP contribution >= 0.6 is 36.2 Å². The van der Waals surface area contributed by atoms with Crippen molar-refractivity contribution in [2.75, 3.05) is 6.54 Å². The molecule has 4 nitrogen and oxygen atoms in total. The third kappa shape index (κ3) is 6.64. The van der Waals surface area contributed by atoms with Crippen molar-refractivity contribution in [2.45, 2.75) is 31.5 Å². The summed E-state index contributed by atoms with van der Waals surface area (Å²) < 4.78 is 38.4. The second-order valence-corrected chi connectivity index (χ2v) is 7.06. The number of nitrogens with one attached hydrogen (secondary N) is 1. The lowest BCUT2D eigenvalue weighted by molar-refractivity contribution is -0.137. The van der Waals surface area contributed by atoms with Gasteiger partial charge in [0.05, 0.1) is 17.7 Å². The van der Waals surface area contributed by atoms with E-state index in [0.29, 0.717) is 28.7 Å². The third-order valence-corrected chi connectivity index (χ3v) is 5.03. The average molecular weight is 442 g/mol. The minimum absolute atomic E-state index is 0. The first-order chi connectivity index (χ1) is 11.8. The Balaban J connectivity index is 0.00000182. The zero-order chi connectivity index (χ0) is 18.0. The molecule has 0 radical (unpaired) electrons. The maximum absolute atomic E-state index is 12.8. The van der Waals surface area contributed by atoms with Crippen LogP contribution in [0.2, 0.25) is 0 Å². The van der Waals surface area contributed by atoms with Gasteiger partial charge in [0.15, 0.2) is 0 Å². The predicted molar refractivity (Wildman–Crippen MR) is 104 cm³/mol. The maximum Gasteiger partial charge on any atom is 0.416 e. The van der Waals surface area contributed by atoms with Gasteiger partial charge >= 0.3 is 6.18 Å². The number of hydrogen-bond acceptors (Lipinski definition) is 4. The van der Waals surface area contributed by atoms with Crippen molar-refractivity contribution in [3.63, 3.8) is 0 Å². The van der Waals surface area contributed by atoms with E-state index in [2.05, 4.69) is 10.3 Å². The SMILES string of the molecule is Cl.Cl.NC(CNC(=O)Cc1csc(-c2cccc(C(F)(F)F)c2)n1)C1CC1. The zero-order valence-corrected chi connectivity index (χ0v) is 16.6. The maximum atomic E-state index is 12.8. The Morgan fingerprint density at radius 2 is 2.04 bits per heavy atom. The summed E-state index contributed by atoms with van der Waals surface area (Å²) >= 11 is 1.22. The van der Waals surface area contributed by atoms with Crippen LogP contribution in [0.25, 0.3) is 10.6 Å². The van der Waals surface area contributed by atoms with E-state index in [9.17, 15) is 18.0 Å². The molecule has 1 unspecified atom stereocenters. The number of thiazole rings is 1. The van der Waals surface area contributed by atoms with Crippen LogP contribution in [0, 0.1) is 5.92 Å². The van der Waals surface area contributed by atoms with Crippen molar-refractivity contribution >= 4 is 42.1 Å². The Labute approximate surface area is 171 Å². The van der Waals surface area contributed by atoms with Gasteiger partial charge in [-0.15, -0.1) is 36.2 Å². The van der Waals surface area contributed by atoms with Gasteiger partial charge in [-0.1, -0.05) is 12.1 Å². The van der Waals surface area contributed by atoms with Crippen LogP contribution in [-0.4, -0.2) is 23.5 Å². The summed E-state index contributed by atoms with van der Waals surface area (Å²) in [4.78, 5) is 16.2. The lowest BCUT2D eigenvalue weighted by atomic mass is 10.1. The highest BCUT2D eigenvalue weighted by atomic mass is 35.5. The molecule has 150 valence electrons. The number of amides is 1. The van der Waals surface area contributed by atoms with Gasteiger partial charge in [0, 0.05) is 23.5 Å². The summed E-state index contributed by atoms with van der Waals surface area (Å²) in [6, 6.07) is 5.00. The summed E-state index contributed by atoms with van der Waals surface area (Å²) in [5.74, 6) is 0.323. The first-order valence-corrected chi connectivity index (χ1v) is 8.85. The number of nitrogens with zero attached hydrogens (tertiary/aromatic N) is 1. The van der Waals surface area contributed by atoms with E-state index in [0.717, 1.165) is 25.0 Å². The second-order valence-electron chi connectivity index (χ2n) is 6.20. The molecule has 1 amide bonds. The fourth-order valence-electron chi connectivity index (χ4n) is 2.50. The van der Waals surface area contributed by atoms with E-state index >= 15 is 0 Å². The summed E-state index contributed by atoms with van der Waals surface area (Å²) in [5.41, 5.74) is 6.14. The van der Waals surface area contributed by atoms with Gasteiger partial charge in [0.25, 0.3) is 0 Å². The smallest absolute Gasteiger partial charge is 0.354 e. The molecule has 0 bridgehead atoms. The monoisotopic (exact) mass is 441 g/mol. The van der Waals surface area contributed by atoms with Crippen molar-refractivity contribution in [3.8, 4) is 10.6 Å². The predicted octanol–water partition coefficient (Wildman–Crippen LogP) is 4.07. The van der Waals surface area contributed by atoms with E-state index in [-0.39, 0.29) is 43.2 Å². The Morgan fingerprint density at radius 1 is 1.33 bits per heavy atom. The molecular formula is C17H20Cl2F3N3OS. The quantitative estimate of drug-likeness (QED) is 0.709. The Bertz CT molecular complexity index is 766. The number of alkyl halides is 3. The summed E-state index contributed by atoms with van der Waals surface area (Å²) in [5, 5.41) is 4.93. The molecule has 27 heavy (non-hydrogen) atoms. The molecule has 0 aliphatic heterocycles. The Hall–Kier alpha value is -1.35. The molecule has 1 saturated carbocycles. The highest BCUT2D eigenvalue weighted by molar-refractivity contribution is 7.13.